The van der Waals surface area contributed by atoms with Crippen molar-refractivity contribution in [3.05, 3.63) is 61.6 Å². The molecule has 0 radical (unpaired) electrons. The molecule has 0 aliphatic rings. The fourth-order valence-electron chi connectivity index (χ4n) is 2.59. The molecule has 2 aromatic carbocycles. The van der Waals surface area contributed by atoms with Gasteiger partial charge in [0.25, 0.3) is 5.91 Å². The van der Waals surface area contributed by atoms with Gasteiger partial charge in [0.05, 0.1) is 11.7 Å². The van der Waals surface area contributed by atoms with Gasteiger partial charge < -0.3 is 9.64 Å². The summed E-state index contributed by atoms with van der Waals surface area (Å²) in [6, 6.07) is 11.2. The summed E-state index contributed by atoms with van der Waals surface area (Å²) in [5.41, 5.74) is 1.40. The number of carbonyl (C=O) groups excluding carboxylic acids is 1. The van der Waals surface area contributed by atoms with E-state index >= 15 is 0 Å². The van der Waals surface area contributed by atoms with Crippen LogP contribution in [0.15, 0.2) is 56.0 Å². The number of halogens is 3. The number of carbonyl (C=O) groups is 1. The van der Waals surface area contributed by atoms with Crippen LogP contribution in [-0.4, -0.2) is 42.6 Å². The van der Waals surface area contributed by atoms with Gasteiger partial charge in [-0.05, 0) is 66.4 Å². The quantitative estimate of drug-likeness (QED) is 0.422. The van der Waals surface area contributed by atoms with Crippen LogP contribution in [-0.2, 0) is 0 Å². The molecule has 0 aliphatic heterocycles. The minimum absolute atomic E-state index is 0.104. The van der Waals surface area contributed by atoms with Gasteiger partial charge in [0.2, 0.25) is 0 Å². The Morgan fingerprint density at radius 2 is 1.77 bits per heavy atom. The third kappa shape index (κ3) is 4.22. The lowest BCUT2D eigenvalue weighted by molar-refractivity contribution is 0.0964. The number of hydrogen-bond acceptors (Lipinski definition) is 3. The largest absolute Gasteiger partial charge is 0.490 e. The minimum atomic E-state index is -0.104. The maximum Gasteiger partial charge on any atom is 0.262 e. The van der Waals surface area contributed by atoms with Gasteiger partial charge in [-0.3, -0.25) is 9.36 Å². The van der Waals surface area contributed by atoms with Crippen LogP contribution < -0.4 is 4.74 Å². The number of aromatic nitrogens is 1. The van der Waals surface area contributed by atoms with Crippen molar-refractivity contribution < 1.29 is 9.53 Å². The Kier molecular flexibility index (Phi) is 6.22. The molecule has 3 rings (SSSR count). The molecule has 0 spiro atoms. The van der Waals surface area contributed by atoms with Gasteiger partial charge in [-0.25, -0.2) is 0 Å². The molecule has 0 fully saturated rings. The van der Waals surface area contributed by atoms with Crippen LogP contribution in [0.25, 0.3) is 10.9 Å². The Morgan fingerprint density at radius 1 is 1.08 bits per heavy atom. The topological polar surface area (TPSA) is 34.5 Å². The molecule has 0 atom stereocenters. The number of likely N-dealkylation sites (N-methyl/N-ethyl adjacent to an activating group) is 1. The molecule has 26 heavy (non-hydrogen) atoms. The maximum absolute atomic E-state index is 13.1. The molecule has 0 saturated carbocycles. The second-order valence-electron chi connectivity index (χ2n) is 6.11. The van der Waals surface area contributed by atoms with Gasteiger partial charge in [0.1, 0.15) is 12.4 Å². The third-order valence-electron chi connectivity index (χ3n) is 3.89. The predicted molar refractivity (Wildman–Crippen MR) is 115 cm³/mol. The zero-order valence-corrected chi connectivity index (χ0v) is 19.1. The normalized spacial score (nSPS) is 11.3. The Balaban J connectivity index is 2.07. The van der Waals surface area contributed by atoms with Crippen molar-refractivity contribution in [1.82, 2.24) is 9.47 Å². The first-order valence-corrected chi connectivity index (χ1v) is 10.3. The van der Waals surface area contributed by atoms with E-state index in [-0.39, 0.29) is 5.91 Å². The molecule has 0 unspecified atom stereocenters. The van der Waals surface area contributed by atoms with Crippen LogP contribution >= 0.6 is 47.8 Å². The molecule has 0 N–H and O–H groups in total. The van der Waals surface area contributed by atoms with E-state index in [9.17, 15) is 4.79 Å². The van der Waals surface area contributed by atoms with Crippen LogP contribution in [0.1, 0.15) is 10.4 Å². The summed E-state index contributed by atoms with van der Waals surface area (Å²) in [6.45, 7) is 1.34. The summed E-state index contributed by atoms with van der Waals surface area (Å²) in [7, 11) is 3.99. The molecule has 3 aromatic rings. The lowest BCUT2D eigenvalue weighted by Crippen LogP contribution is -2.19. The zero-order chi connectivity index (χ0) is 18.8. The SMILES string of the molecule is CN(C)CCOc1cn(C(=O)c2ccc(Br)cc2)c2c(Br)cc(Br)cc12. The lowest BCUT2D eigenvalue weighted by atomic mass is 10.2. The molecule has 136 valence electrons. The molecule has 7 heteroatoms. The Labute approximate surface area is 177 Å². The van der Waals surface area contributed by atoms with E-state index in [2.05, 4.69) is 52.7 Å². The Bertz CT molecular complexity index is 950. The number of benzene rings is 2. The number of ether oxygens (including phenoxy) is 1. The van der Waals surface area contributed by atoms with E-state index in [0.29, 0.717) is 17.9 Å². The predicted octanol–water partition coefficient (Wildman–Crippen LogP) is 5.56. The molecular formula is C19H17Br3N2O2. The van der Waals surface area contributed by atoms with Gasteiger partial charge >= 0.3 is 0 Å². The average Bonchev–Trinajstić information content (AvgIpc) is 2.93. The highest BCUT2D eigenvalue weighted by atomic mass is 79.9. The first-order chi connectivity index (χ1) is 12.4. The van der Waals surface area contributed by atoms with Crippen molar-refractivity contribution in [2.45, 2.75) is 0 Å². The molecule has 0 bridgehead atoms. The monoisotopic (exact) mass is 542 g/mol. The van der Waals surface area contributed by atoms with E-state index in [1.165, 1.54) is 0 Å². The number of hydrogen-bond donors (Lipinski definition) is 0. The van der Waals surface area contributed by atoms with Gasteiger partial charge in [-0.2, -0.15) is 0 Å². The molecule has 1 aromatic heterocycles. The fraction of sp³-hybridized carbons (Fsp3) is 0.211. The zero-order valence-electron chi connectivity index (χ0n) is 14.3. The summed E-state index contributed by atoms with van der Waals surface area (Å²) in [5, 5.41) is 0.885. The Hall–Kier alpha value is -1.15. The molecule has 0 aliphatic carbocycles. The van der Waals surface area contributed by atoms with Crippen molar-refractivity contribution in [1.29, 1.82) is 0 Å². The standard InChI is InChI=1S/C19H17Br3N2O2/c1-23(2)7-8-26-17-11-24(18-15(17)9-14(21)10-16(18)22)19(25)12-3-5-13(20)6-4-12/h3-6,9-11H,7-8H2,1-2H3. The van der Waals surface area contributed by atoms with Gasteiger partial charge in [0.15, 0.2) is 0 Å². The van der Waals surface area contributed by atoms with Crippen LogP contribution in [0.4, 0.5) is 0 Å². The van der Waals surface area contributed by atoms with E-state index in [0.717, 1.165) is 30.9 Å². The van der Waals surface area contributed by atoms with E-state index in [1.54, 1.807) is 22.9 Å². The molecule has 0 amide bonds. The van der Waals surface area contributed by atoms with Crippen molar-refractivity contribution in [2.24, 2.45) is 0 Å². The summed E-state index contributed by atoms with van der Waals surface area (Å²) in [4.78, 5) is 15.1. The first-order valence-electron chi connectivity index (χ1n) is 7.94. The van der Waals surface area contributed by atoms with E-state index < -0.39 is 0 Å². The van der Waals surface area contributed by atoms with Gasteiger partial charge in [-0.1, -0.05) is 31.9 Å². The van der Waals surface area contributed by atoms with Crippen LogP contribution in [0.2, 0.25) is 0 Å². The second-order valence-corrected chi connectivity index (χ2v) is 8.80. The molecule has 4 nitrogen and oxygen atoms in total. The highest BCUT2D eigenvalue weighted by Gasteiger charge is 2.19. The highest BCUT2D eigenvalue weighted by Crippen LogP contribution is 2.36. The smallest absolute Gasteiger partial charge is 0.262 e. The number of fused-ring (bicyclic) bond motifs is 1. The van der Waals surface area contributed by atoms with Crippen LogP contribution in [0.3, 0.4) is 0 Å². The maximum atomic E-state index is 13.1. The molecule has 1 heterocycles. The summed E-state index contributed by atoms with van der Waals surface area (Å²) >= 11 is 10.5. The van der Waals surface area contributed by atoms with E-state index in [4.69, 9.17) is 4.74 Å². The van der Waals surface area contributed by atoms with E-state index in [1.807, 2.05) is 38.4 Å². The van der Waals surface area contributed by atoms with Gasteiger partial charge in [0, 0.05) is 30.9 Å². The van der Waals surface area contributed by atoms with Crippen LogP contribution in [0.5, 0.6) is 5.75 Å². The number of rotatable bonds is 5. The lowest BCUT2D eigenvalue weighted by Gasteiger charge is -2.10. The summed E-state index contributed by atoms with van der Waals surface area (Å²) in [6.07, 6.45) is 1.77. The second kappa shape index (κ2) is 8.25. The van der Waals surface area contributed by atoms with Crippen molar-refractivity contribution in [3.8, 4) is 5.75 Å². The van der Waals surface area contributed by atoms with Gasteiger partial charge in [-0.15, -0.1) is 0 Å². The fourth-order valence-corrected chi connectivity index (χ4v) is 4.28. The molecular weight excluding hydrogens is 528 g/mol. The average molecular weight is 545 g/mol. The number of nitrogens with zero attached hydrogens (tertiary/aromatic N) is 2. The first kappa shape index (κ1) is 19.6. The van der Waals surface area contributed by atoms with Crippen molar-refractivity contribution in [3.63, 3.8) is 0 Å². The minimum Gasteiger partial charge on any atom is -0.490 e. The van der Waals surface area contributed by atoms with Crippen molar-refractivity contribution >= 4 is 64.6 Å². The summed E-state index contributed by atoms with van der Waals surface area (Å²) < 4.78 is 10.3. The highest BCUT2D eigenvalue weighted by molar-refractivity contribution is 9.11. The van der Waals surface area contributed by atoms with Crippen molar-refractivity contribution in [2.75, 3.05) is 27.2 Å². The third-order valence-corrected chi connectivity index (χ3v) is 5.48. The molecule has 0 saturated heterocycles. The Morgan fingerprint density at radius 3 is 2.42 bits per heavy atom. The van der Waals surface area contributed by atoms with Crippen LogP contribution in [0, 0.1) is 0 Å². The summed E-state index contributed by atoms with van der Waals surface area (Å²) in [5.74, 6) is 0.585.